The van der Waals surface area contributed by atoms with Crippen molar-refractivity contribution < 1.29 is 46.3 Å². The molecule has 15 nitrogen and oxygen atoms in total. The molecule has 1 aromatic carbocycles. The Labute approximate surface area is 257 Å². The minimum atomic E-state index is -3.67. The molecule has 3 heterocycles. The standard InChI is InChI=1S/C27H30FN5O7.CH4O3S/c1-37-21-6-14(7-22(38-2)24(21)39-3)13-40-31-20-12-32(10-15(20)9-29)26-19(28)8-17-23(34)18(27(35)36)11-33(16-4-5-16)25(17)30-26;1-5(2,3)4/h6-8,11,15-16H,4-5,9-10,12-13,29H2,1-3H3,(H,35,36);1H3,(H,2,3,4)/b31-20+;. The number of carboxylic acid groups (broad SMARTS) is 1. The minimum Gasteiger partial charge on any atom is -0.493 e. The van der Waals surface area contributed by atoms with Gasteiger partial charge in [-0.3, -0.25) is 9.35 Å². The summed E-state index contributed by atoms with van der Waals surface area (Å²) in [5.74, 6) is -0.829. The van der Waals surface area contributed by atoms with Gasteiger partial charge < -0.3 is 39.4 Å². The van der Waals surface area contributed by atoms with Gasteiger partial charge in [0, 0.05) is 31.2 Å². The third-order valence-electron chi connectivity index (χ3n) is 7.10. The van der Waals surface area contributed by atoms with Crippen LogP contribution in [0.4, 0.5) is 10.2 Å². The van der Waals surface area contributed by atoms with Gasteiger partial charge in [-0.2, -0.15) is 8.42 Å². The molecule has 5 rings (SSSR count). The summed E-state index contributed by atoms with van der Waals surface area (Å²) in [4.78, 5) is 36.2. The van der Waals surface area contributed by atoms with Gasteiger partial charge in [0.1, 0.15) is 17.8 Å². The highest BCUT2D eigenvalue weighted by atomic mass is 32.2. The molecule has 17 heteroatoms. The Morgan fingerprint density at radius 2 is 1.78 bits per heavy atom. The molecule has 2 fully saturated rings. The number of aromatic nitrogens is 2. The first kappa shape index (κ1) is 33.4. The van der Waals surface area contributed by atoms with E-state index in [1.165, 1.54) is 27.5 Å². The van der Waals surface area contributed by atoms with Gasteiger partial charge in [0.25, 0.3) is 10.1 Å². The van der Waals surface area contributed by atoms with E-state index in [0.717, 1.165) is 24.5 Å². The number of hydrogen-bond acceptors (Lipinski definition) is 12. The maximum atomic E-state index is 15.3. The van der Waals surface area contributed by atoms with Crippen molar-refractivity contribution in [1.29, 1.82) is 0 Å². The van der Waals surface area contributed by atoms with Gasteiger partial charge in [-0.25, -0.2) is 14.2 Å². The molecule has 4 N–H and O–H groups in total. The van der Waals surface area contributed by atoms with Gasteiger partial charge in [-0.15, -0.1) is 0 Å². The Balaban J connectivity index is 0.000000854. The van der Waals surface area contributed by atoms with Crippen molar-refractivity contribution in [2.45, 2.75) is 25.5 Å². The second-order valence-corrected chi connectivity index (χ2v) is 11.9. The van der Waals surface area contributed by atoms with Crippen molar-refractivity contribution in [2.75, 3.05) is 52.1 Å². The van der Waals surface area contributed by atoms with Crippen LogP contribution in [0.3, 0.4) is 0 Å². The zero-order valence-electron chi connectivity index (χ0n) is 25.0. The van der Waals surface area contributed by atoms with Crippen LogP contribution in [0.2, 0.25) is 0 Å². The molecule has 1 aliphatic heterocycles. The quantitative estimate of drug-likeness (QED) is 0.212. The van der Waals surface area contributed by atoms with Crippen LogP contribution >= 0.6 is 0 Å². The maximum Gasteiger partial charge on any atom is 0.341 e. The number of rotatable bonds is 10. The van der Waals surface area contributed by atoms with E-state index in [1.54, 1.807) is 21.6 Å². The number of carboxylic acids is 1. The van der Waals surface area contributed by atoms with Crippen LogP contribution in [0.15, 0.2) is 34.3 Å². The molecule has 244 valence electrons. The van der Waals surface area contributed by atoms with Gasteiger partial charge in [0.15, 0.2) is 23.1 Å². The number of hydrogen-bond donors (Lipinski definition) is 3. The zero-order chi connectivity index (χ0) is 33.1. The van der Waals surface area contributed by atoms with Gasteiger partial charge in [0.05, 0.1) is 45.2 Å². The number of fused-ring (bicyclic) bond motifs is 1. The first-order valence-corrected chi connectivity index (χ1v) is 15.5. The number of anilines is 1. The highest BCUT2D eigenvalue weighted by molar-refractivity contribution is 7.85. The molecule has 1 aliphatic carbocycles. The fourth-order valence-electron chi connectivity index (χ4n) is 4.89. The maximum absolute atomic E-state index is 15.3. The summed E-state index contributed by atoms with van der Waals surface area (Å²) in [6, 6.07) is 4.60. The van der Waals surface area contributed by atoms with E-state index in [1.807, 2.05) is 0 Å². The number of ether oxygens (including phenoxy) is 3. The van der Waals surface area contributed by atoms with Crippen LogP contribution in [-0.4, -0.2) is 86.5 Å². The Hall–Kier alpha value is -4.48. The molecule has 2 aliphatic rings. The first-order chi connectivity index (χ1) is 21.3. The SMILES string of the molecule is COc1cc(CO/N=C2\CN(c3nc4c(cc3F)c(=O)c(C(=O)O)cn4C3CC3)CC2CN)cc(OC)c1OC.CS(=O)(=O)O. The number of aromatic carboxylic acids is 1. The number of nitrogens with two attached hydrogens (primary N) is 1. The van der Waals surface area contributed by atoms with E-state index in [2.05, 4.69) is 10.1 Å². The lowest BCUT2D eigenvalue weighted by Crippen LogP contribution is -2.26. The smallest absolute Gasteiger partial charge is 0.341 e. The van der Waals surface area contributed by atoms with E-state index in [9.17, 15) is 23.1 Å². The predicted octanol–water partition coefficient (Wildman–Crippen LogP) is 2.07. The molecule has 3 aromatic rings. The summed E-state index contributed by atoms with van der Waals surface area (Å²) in [6.45, 7) is 0.930. The van der Waals surface area contributed by atoms with Crippen LogP contribution in [0.25, 0.3) is 11.0 Å². The van der Waals surface area contributed by atoms with E-state index >= 15 is 4.39 Å². The molecule has 1 saturated carbocycles. The highest BCUT2D eigenvalue weighted by Crippen LogP contribution is 2.39. The van der Waals surface area contributed by atoms with Crippen LogP contribution in [0.5, 0.6) is 17.2 Å². The fourth-order valence-corrected chi connectivity index (χ4v) is 4.89. The van der Waals surface area contributed by atoms with Crippen molar-refractivity contribution in [2.24, 2.45) is 16.8 Å². The lowest BCUT2D eigenvalue weighted by molar-refractivity contribution is 0.0694. The molecular formula is C28H34FN5O10S. The van der Waals surface area contributed by atoms with Gasteiger partial charge in [-0.05, 0) is 36.6 Å². The molecule has 1 atom stereocenters. The molecule has 0 spiro atoms. The molecule has 0 radical (unpaired) electrons. The van der Waals surface area contributed by atoms with Crippen molar-refractivity contribution in [3.63, 3.8) is 0 Å². The number of oxime groups is 1. The van der Waals surface area contributed by atoms with Crippen molar-refractivity contribution in [1.82, 2.24) is 9.55 Å². The third kappa shape index (κ3) is 7.79. The van der Waals surface area contributed by atoms with Gasteiger partial charge >= 0.3 is 5.97 Å². The lowest BCUT2D eigenvalue weighted by atomic mass is 10.1. The zero-order valence-corrected chi connectivity index (χ0v) is 25.8. The number of nitrogens with zero attached hydrogens (tertiary/aromatic N) is 4. The largest absolute Gasteiger partial charge is 0.493 e. The van der Waals surface area contributed by atoms with E-state index in [0.29, 0.717) is 35.8 Å². The second-order valence-electron chi connectivity index (χ2n) is 10.4. The predicted molar refractivity (Wildman–Crippen MR) is 162 cm³/mol. The van der Waals surface area contributed by atoms with Crippen molar-refractivity contribution in [3.05, 3.63) is 51.6 Å². The van der Waals surface area contributed by atoms with Crippen LogP contribution in [-0.2, 0) is 21.6 Å². The van der Waals surface area contributed by atoms with Crippen LogP contribution < -0.4 is 30.3 Å². The second kappa shape index (κ2) is 13.7. The summed E-state index contributed by atoms with van der Waals surface area (Å²) in [5, 5.41) is 13.7. The number of methoxy groups -OCH3 is 3. The Morgan fingerprint density at radius 3 is 2.29 bits per heavy atom. The van der Waals surface area contributed by atoms with Gasteiger partial charge in [0.2, 0.25) is 11.2 Å². The fraction of sp³-hybridized carbons (Fsp3) is 0.429. The minimum absolute atomic E-state index is 0.0168. The molecular weight excluding hydrogens is 617 g/mol. The van der Waals surface area contributed by atoms with E-state index < -0.39 is 32.9 Å². The Bertz CT molecular complexity index is 1760. The average Bonchev–Trinajstić information content (AvgIpc) is 3.75. The lowest BCUT2D eigenvalue weighted by Gasteiger charge is -2.19. The summed E-state index contributed by atoms with van der Waals surface area (Å²) in [6.07, 6.45) is 3.66. The highest BCUT2D eigenvalue weighted by Gasteiger charge is 2.33. The van der Waals surface area contributed by atoms with Gasteiger partial charge in [-0.1, -0.05) is 5.16 Å². The van der Waals surface area contributed by atoms with Crippen molar-refractivity contribution in [3.8, 4) is 17.2 Å². The molecule has 1 saturated heterocycles. The molecule has 2 aromatic heterocycles. The Kier molecular flexibility index (Phi) is 10.1. The third-order valence-corrected chi connectivity index (χ3v) is 7.10. The number of pyridine rings is 2. The van der Waals surface area contributed by atoms with E-state index in [-0.39, 0.29) is 48.5 Å². The number of benzene rings is 1. The monoisotopic (exact) mass is 651 g/mol. The molecule has 0 bridgehead atoms. The average molecular weight is 652 g/mol. The molecule has 0 amide bonds. The summed E-state index contributed by atoms with van der Waals surface area (Å²) in [5.41, 5.74) is 6.44. The first-order valence-electron chi connectivity index (χ1n) is 13.6. The summed E-state index contributed by atoms with van der Waals surface area (Å²) < 4.78 is 59.0. The van der Waals surface area contributed by atoms with Crippen LogP contribution in [0.1, 0.15) is 34.8 Å². The summed E-state index contributed by atoms with van der Waals surface area (Å²) in [7, 11) is 0.902. The molecule has 1 unspecified atom stereocenters. The van der Waals surface area contributed by atoms with Crippen molar-refractivity contribution >= 4 is 38.7 Å². The van der Waals surface area contributed by atoms with Crippen LogP contribution in [0, 0.1) is 11.7 Å². The molecule has 45 heavy (non-hydrogen) atoms. The number of carbonyl (C=O) groups is 1. The normalized spacial score (nSPS) is 17.2. The summed E-state index contributed by atoms with van der Waals surface area (Å²) >= 11 is 0. The number of halogens is 1. The van der Waals surface area contributed by atoms with E-state index in [4.69, 9.17) is 29.3 Å². The Morgan fingerprint density at radius 1 is 1.16 bits per heavy atom. The topological polar surface area (TPSA) is 205 Å².